The zero-order valence-electron chi connectivity index (χ0n) is 11.6. The van der Waals surface area contributed by atoms with Crippen LogP contribution >= 0.6 is 0 Å². The van der Waals surface area contributed by atoms with Crippen LogP contribution in [0.2, 0.25) is 0 Å². The van der Waals surface area contributed by atoms with Gasteiger partial charge in [0.2, 0.25) is 0 Å². The Bertz CT molecular complexity index is 516. The van der Waals surface area contributed by atoms with Crippen LogP contribution in [0.25, 0.3) is 0 Å². The van der Waals surface area contributed by atoms with E-state index >= 15 is 0 Å². The van der Waals surface area contributed by atoms with Gasteiger partial charge in [-0.25, -0.2) is 0 Å². The number of aliphatic hydroxyl groups excluding tert-OH is 1. The minimum atomic E-state index is -0.694. The number of hydrogen-bond donors (Lipinski definition) is 1. The predicted octanol–water partition coefficient (Wildman–Crippen LogP) is 2.83. The predicted molar refractivity (Wildman–Crippen MR) is 71.1 cm³/mol. The molecule has 2 bridgehead atoms. The fourth-order valence-corrected chi connectivity index (χ4v) is 3.98. The summed E-state index contributed by atoms with van der Waals surface area (Å²) in [5.74, 6) is 0.999. The maximum Gasteiger partial charge on any atom is 0.101 e. The van der Waals surface area contributed by atoms with Crippen molar-refractivity contribution in [3.63, 3.8) is 0 Å². The quantitative estimate of drug-likeness (QED) is 0.908. The third-order valence-electron chi connectivity index (χ3n) is 5.06. The van der Waals surface area contributed by atoms with Crippen LogP contribution in [0, 0.1) is 28.6 Å². The number of fused-ring (bicyclic) bond motifs is 2. The zero-order chi connectivity index (χ0) is 13.6. The Kier molecular flexibility index (Phi) is 2.90. The summed E-state index contributed by atoms with van der Waals surface area (Å²) in [6, 6.07) is 2.74. The van der Waals surface area contributed by atoms with E-state index in [0.717, 1.165) is 24.8 Å². The van der Waals surface area contributed by atoms with Crippen LogP contribution in [0.3, 0.4) is 0 Å². The van der Waals surface area contributed by atoms with Crippen molar-refractivity contribution in [2.45, 2.75) is 51.7 Å². The SMILES string of the molecule is CC(C)n1cc(C(O)C2(C#N)CC3CCC2C3)cn1. The highest BCUT2D eigenvalue weighted by Crippen LogP contribution is 2.60. The van der Waals surface area contributed by atoms with Gasteiger partial charge in [-0.2, -0.15) is 10.4 Å². The number of rotatable bonds is 3. The molecule has 0 radical (unpaired) electrons. The third kappa shape index (κ3) is 1.80. The molecule has 102 valence electrons. The molecule has 0 saturated heterocycles. The molecule has 19 heavy (non-hydrogen) atoms. The van der Waals surface area contributed by atoms with Crippen LogP contribution in [0.15, 0.2) is 12.4 Å². The molecule has 0 spiro atoms. The molecule has 0 aromatic carbocycles. The van der Waals surface area contributed by atoms with Crippen molar-refractivity contribution < 1.29 is 5.11 Å². The fraction of sp³-hybridized carbons (Fsp3) is 0.733. The molecule has 4 heteroatoms. The molecule has 2 fully saturated rings. The Balaban J connectivity index is 1.90. The van der Waals surface area contributed by atoms with E-state index in [1.807, 2.05) is 10.9 Å². The van der Waals surface area contributed by atoms with Crippen molar-refractivity contribution in [3.8, 4) is 6.07 Å². The normalized spacial score (nSPS) is 34.7. The maximum atomic E-state index is 10.7. The smallest absolute Gasteiger partial charge is 0.101 e. The Morgan fingerprint density at radius 1 is 1.53 bits per heavy atom. The molecule has 4 nitrogen and oxygen atoms in total. The van der Waals surface area contributed by atoms with Gasteiger partial charge in [-0.15, -0.1) is 0 Å². The maximum absolute atomic E-state index is 10.7. The zero-order valence-corrected chi connectivity index (χ0v) is 11.6. The molecule has 2 aliphatic carbocycles. The minimum Gasteiger partial charge on any atom is -0.387 e. The lowest BCUT2D eigenvalue weighted by atomic mass is 9.69. The fourth-order valence-electron chi connectivity index (χ4n) is 3.98. The van der Waals surface area contributed by atoms with Gasteiger partial charge >= 0.3 is 0 Å². The van der Waals surface area contributed by atoms with Crippen LogP contribution in [0.4, 0.5) is 0 Å². The van der Waals surface area contributed by atoms with Crippen LogP contribution in [0.5, 0.6) is 0 Å². The van der Waals surface area contributed by atoms with Gasteiger partial charge in [-0.05, 0) is 44.9 Å². The van der Waals surface area contributed by atoms with Gasteiger partial charge in [0.25, 0.3) is 0 Å². The van der Waals surface area contributed by atoms with Crippen LogP contribution < -0.4 is 0 Å². The van der Waals surface area contributed by atoms with E-state index in [9.17, 15) is 10.4 Å². The first-order chi connectivity index (χ1) is 9.06. The average molecular weight is 259 g/mol. The molecule has 1 N–H and O–H groups in total. The monoisotopic (exact) mass is 259 g/mol. The second-order valence-electron chi connectivity index (χ2n) is 6.48. The molecule has 0 amide bonds. The van der Waals surface area contributed by atoms with E-state index < -0.39 is 11.5 Å². The second kappa shape index (κ2) is 4.35. The molecule has 4 atom stereocenters. The summed E-state index contributed by atoms with van der Waals surface area (Å²) in [5.41, 5.74) is 0.219. The first kappa shape index (κ1) is 12.7. The molecule has 2 saturated carbocycles. The lowest BCUT2D eigenvalue weighted by Crippen LogP contribution is -2.33. The standard InChI is InChI=1S/C15H21N3O/c1-10(2)18-8-12(7-17-18)14(19)15(9-16)6-11-3-4-13(15)5-11/h7-8,10-11,13-14,19H,3-6H2,1-2H3. The number of aromatic nitrogens is 2. The van der Waals surface area contributed by atoms with Gasteiger partial charge in [0.1, 0.15) is 6.10 Å². The summed E-state index contributed by atoms with van der Waals surface area (Å²) in [6.45, 7) is 4.11. The Morgan fingerprint density at radius 2 is 2.32 bits per heavy atom. The van der Waals surface area contributed by atoms with Crippen molar-refractivity contribution >= 4 is 0 Å². The van der Waals surface area contributed by atoms with E-state index in [1.54, 1.807) is 6.20 Å². The number of nitrogens with zero attached hydrogens (tertiary/aromatic N) is 3. The lowest BCUT2D eigenvalue weighted by Gasteiger charge is -2.35. The minimum absolute atomic E-state index is 0.277. The number of hydrogen-bond acceptors (Lipinski definition) is 3. The molecule has 3 rings (SSSR count). The van der Waals surface area contributed by atoms with Gasteiger partial charge < -0.3 is 5.11 Å². The molecular formula is C15H21N3O. The van der Waals surface area contributed by atoms with Crippen molar-refractivity contribution in [3.05, 3.63) is 18.0 Å². The lowest BCUT2D eigenvalue weighted by molar-refractivity contribution is 0.0232. The summed E-state index contributed by atoms with van der Waals surface area (Å²) in [7, 11) is 0. The third-order valence-corrected chi connectivity index (χ3v) is 5.06. The van der Waals surface area contributed by atoms with Gasteiger partial charge in [0.15, 0.2) is 0 Å². The largest absolute Gasteiger partial charge is 0.387 e. The highest BCUT2D eigenvalue weighted by Gasteiger charge is 2.55. The first-order valence-electron chi connectivity index (χ1n) is 7.20. The number of aliphatic hydroxyl groups is 1. The topological polar surface area (TPSA) is 61.8 Å². The van der Waals surface area contributed by atoms with Gasteiger partial charge in [-0.1, -0.05) is 6.42 Å². The van der Waals surface area contributed by atoms with Gasteiger partial charge in [-0.3, -0.25) is 4.68 Å². The van der Waals surface area contributed by atoms with Gasteiger partial charge in [0.05, 0.1) is 17.7 Å². The molecule has 1 aromatic rings. The molecule has 1 aromatic heterocycles. The van der Waals surface area contributed by atoms with Gasteiger partial charge in [0, 0.05) is 17.8 Å². The van der Waals surface area contributed by atoms with E-state index in [1.165, 1.54) is 6.42 Å². The van der Waals surface area contributed by atoms with Crippen molar-refractivity contribution in [1.29, 1.82) is 5.26 Å². The number of nitriles is 1. The van der Waals surface area contributed by atoms with Crippen LogP contribution in [-0.2, 0) is 0 Å². The molecule has 2 aliphatic rings. The van der Waals surface area contributed by atoms with Crippen LogP contribution in [-0.4, -0.2) is 14.9 Å². The van der Waals surface area contributed by atoms with E-state index in [-0.39, 0.29) is 6.04 Å². The Morgan fingerprint density at radius 3 is 2.79 bits per heavy atom. The molecular weight excluding hydrogens is 238 g/mol. The molecule has 4 unspecified atom stereocenters. The Hall–Kier alpha value is -1.34. The first-order valence-corrected chi connectivity index (χ1v) is 7.20. The summed E-state index contributed by atoms with van der Waals surface area (Å²) >= 11 is 0. The average Bonchev–Trinajstić information content (AvgIpc) is 3.12. The summed E-state index contributed by atoms with van der Waals surface area (Å²) in [5, 5.41) is 24.6. The molecule has 0 aliphatic heterocycles. The van der Waals surface area contributed by atoms with E-state index in [2.05, 4.69) is 25.0 Å². The summed E-state index contributed by atoms with van der Waals surface area (Å²) in [4.78, 5) is 0. The second-order valence-corrected chi connectivity index (χ2v) is 6.48. The summed E-state index contributed by atoms with van der Waals surface area (Å²) < 4.78 is 1.84. The Labute approximate surface area is 114 Å². The van der Waals surface area contributed by atoms with Crippen molar-refractivity contribution in [2.75, 3.05) is 0 Å². The highest BCUT2D eigenvalue weighted by molar-refractivity contribution is 5.23. The van der Waals surface area contributed by atoms with Crippen molar-refractivity contribution in [2.24, 2.45) is 17.3 Å². The molecule has 1 heterocycles. The van der Waals surface area contributed by atoms with Crippen molar-refractivity contribution in [1.82, 2.24) is 9.78 Å². The summed E-state index contributed by atoms with van der Waals surface area (Å²) in [6.07, 6.45) is 7.20. The van der Waals surface area contributed by atoms with Crippen LogP contribution in [0.1, 0.15) is 57.2 Å². The highest BCUT2D eigenvalue weighted by atomic mass is 16.3. The van der Waals surface area contributed by atoms with E-state index in [0.29, 0.717) is 11.8 Å². The van der Waals surface area contributed by atoms with E-state index in [4.69, 9.17) is 0 Å².